The number of amides is 4. The van der Waals surface area contributed by atoms with Crippen LogP contribution < -0.4 is 10.6 Å². The molecule has 0 saturated carbocycles. The number of carbonyl (C=O) groups is 7. The van der Waals surface area contributed by atoms with Gasteiger partial charge >= 0.3 is 29.9 Å². The van der Waals surface area contributed by atoms with Crippen LogP contribution in [0.25, 0.3) is 0 Å². The van der Waals surface area contributed by atoms with E-state index in [1.807, 2.05) is 0 Å². The van der Waals surface area contributed by atoms with Gasteiger partial charge < -0.3 is 30.4 Å². The lowest BCUT2D eigenvalue weighted by Crippen LogP contribution is -2.70. The van der Waals surface area contributed by atoms with Crippen molar-refractivity contribution in [3.63, 3.8) is 0 Å². The summed E-state index contributed by atoms with van der Waals surface area (Å²) in [6.45, 7) is 14.4. The number of hydrogen-bond donors (Lipinski definition) is 4. The third kappa shape index (κ3) is 9.42. The molecule has 1 unspecified atom stereocenters. The molecule has 1 heterocycles. The highest BCUT2D eigenvalue weighted by Crippen LogP contribution is 2.46. The molecule has 4 N–H and O–H groups in total. The Morgan fingerprint density at radius 3 is 1.80 bits per heavy atom. The van der Waals surface area contributed by atoms with Gasteiger partial charge in [0.1, 0.15) is 17.2 Å². The van der Waals surface area contributed by atoms with Crippen LogP contribution in [-0.2, 0) is 38.3 Å². The number of ether oxygens (including phenoxy) is 1. The number of rotatable bonds is 11. The Labute approximate surface area is 239 Å². The predicted octanol–water partition coefficient (Wildman–Crippen LogP) is 2.39. The molecule has 0 bridgehead atoms. The topological polar surface area (TPSA) is 206 Å². The molecule has 0 aromatic heterocycles. The molecule has 4 amide bonds. The van der Waals surface area contributed by atoms with E-state index in [1.165, 1.54) is 0 Å². The number of carboxylic acid groups (broad SMARTS) is 2. The fraction of sp³-hybridized carbons (Fsp3) is 0.741. The first kappa shape index (κ1) is 35.3. The monoisotopic (exact) mass is 585 g/mol. The van der Waals surface area contributed by atoms with Crippen LogP contribution in [0.2, 0.25) is 0 Å². The third-order valence-electron chi connectivity index (χ3n) is 6.61. The average molecular weight is 586 g/mol. The number of carbonyl (C=O) groups excluding carboxylic acids is 5. The van der Waals surface area contributed by atoms with Crippen molar-refractivity contribution in [2.45, 2.75) is 112 Å². The Balaban J connectivity index is 3.33. The molecule has 0 radical (unpaired) electrons. The van der Waals surface area contributed by atoms with Gasteiger partial charge in [-0.15, -0.1) is 5.06 Å². The SMILES string of the molecule is CC(C)(C)OC(=O)[C@H](CCC(=O)ON1C(=O)CCC1=O)NC(=O)N[C@@](C(=O)O)(C(CC(=O)O)C(C)(C)C)C(C)(C)C. The zero-order valence-electron chi connectivity index (χ0n) is 25.2. The molecule has 14 heteroatoms. The first-order valence-corrected chi connectivity index (χ1v) is 13.3. The minimum Gasteiger partial charge on any atom is -0.481 e. The fourth-order valence-corrected chi connectivity index (χ4v) is 4.67. The van der Waals surface area contributed by atoms with E-state index in [4.69, 9.17) is 9.57 Å². The number of hydrogen-bond acceptors (Lipinski definition) is 9. The van der Waals surface area contributed by atoms with Crippen LogP contribution in [0.5, 0.6) is 0 Å². The van der Waals surface area contributed by atoms with E-state index < -0.39 is 88.5 Å². The number of carboxylic acids is 2. The Hall–Kier alpha value is -3.71. The van der Waals surface area contributed by atoms with Crippen LogP contribution in [0.4, 0.5) is 4.79 Å². The fourth-order valence-electron chi connectivity index (χ4n) is 4.67. The van der Waals surface area contributed by atoms with Gasteiger partial charge in [-0.05, 0) is 38.0 Å². The van der Waals surface area contributed by atoms with E-state index in [0.717, 1.165) is 0 Å². The van der Waals surface area contributed by atoms with Crippen LogP contribution >= 0.6 is 0 Å². The second kappa shape index (κ2) is 12.9. The molecule has 0 aromatic carbocycles. The maximum absolute atomic E-state index is 13.4. The van der Waals surface area contributed by atoms with Gasteiger partial charge in [0.2, 0.25) is 0 Å². The van der Waals surface area contributed by atoms with Crippen LogP contribution in [0.3, 0.4) is 0 Å². The summed E-state index contributed by atoms with van der Waals surface area (Å²) >= 11 is 0. The number of hydroxylamine groups is 2. The third-order valence-corrected chi connectivity index (χ3v) is 6.61. The van der Waals surface area contributed by atoms with E-state index in [0.29, 0.717) is 5.06 Å². The Morgan fingerprint density at radius 2 is 1.41 bits per heavy atom. The van der Waals surface area contributed by atoms with Gasteiger partial charge in [-0.2, -0.15) is 0 Å². The van der Waals surface area contributed by atoms with Gasteiger partial charge in [-0.1, -0.05) is 41.5 Å². The standard InChI is InChI=1S/C27H43N3O11/c1-24(2,3)16(14-19(33)34)27(22(37)38,25(4,5)6)29-23(39)28-15(21(36)40-26(7,8)9)10-13-20(35)41-30-17(31)11-12-18(30)32/h15-16H,10-14H2,1-9H3,(H,33,34)(H,37,38)(H2,28,29,39)/t15-,16?,27+/m0/s1. The summed E-state index contributed by atoms with van der Waals surface area (Å²) in [5.41, 5.74) is -5.24. The van der Waals surface area contributed by atoms with Crippen molar-refractivity contribution in [3.8, 4) is 0 Å². The van der Waals surface area contributed by atoms with Crippen molar-refractivity contribution in [2.75, 3.05) is 0 Å². The number of esters is 1. The van der Waals surface area contributed by atoms with Crippen LogP contribution in [0.15, 0.2) is 0 Å². The van der Waals surface area contributed by atoms with Gasteiger partial charge in [0.05, 0.1) is 12.8 Å². The number of aliphatic carboxylic acids is 2. The molecule has 1 aliphatic rings. The van der Waals surface area contributed by atoms with Crippen LogP contribution in [0, 0.1) is 16.7 Å². The normalized spacial score (nSPS) is 17.2. The summed E-state index contributed by atoms with van der Waals surface area (Å²) < 4.78 is 5.35. The van der Waals surface area contributed by atoms with Crippen molar-refractivity contribution >= 4 is 41.7 Å². The maximum atomic E-state index is 13.4. The smallest absolute Gasteiger partial charge is 0.333 e. The summed E-state index contributed by atoms with van der Waals surface area (Å²) in [7, 11) is 0. The first-order chi connectivity index (χ1) is 18.4. The zero-order chi connectivity index (χ0) is 32.1. The highest BCUT2D eigenvalue weighted by atomic mass is 16.7. The van der Waals surface area contributed by atoms with Crippen LogP contribution in [-0.4, -0.2) is 74.2 Å². The number of imide groups is 1. The molecule has 1 aliphatic heterocycles. The quantitative estimate of drug-likeness (QED) is 0.204. The molecule has 0 spiro atoms. The number of nitrogens with one attached hydrogen (secondary N) is 2. The molecule has 0 aromatic rings. The molecule has 41 heavy (non-hydrogen) atoms. The first-order valence-electron chi connectivity index (χ1n) is 13.3. The van der Waals surface area contributed by atoms with Crippen molar-refractivity contribution < 1.29 is 53.3 Å². The molecular weight excluding hydrogens is 542 g/mol. The summed E-state index contributed by atoms with van der Waals surface area (Å²) in [4.78, 5) is 91.6. The number of urea groups is 1. The lowest BCUT2D eigenvalue weighted by atomic mass is 9.57. The maximum Gasteiger partial charge on any atom is 0.333 e. The van der Waals surface area contributed by atoms with E-state index in [1.54, 1.807) is 62.3 Å². The average Bonchev–Trinajstić information content (AvgIpc) is 3.07. The van der Waals surface area contributed by atoms with Gasteiger partial charge in [0.25, 0.3) is 11.8 Å². The molecular formula is C27H43N3O11. The van der Waals surface area contributed by atoms with Crippen LogP contribution in [0.1, 0.15) is 94.4 Å². The largest absolute Gasteiger partial charge is 0.481 e. The zero-order valence-corrected chi connectivity index (χ0v) is 25.2. The summed E-state index contributed by atoms with van der Waals surface area (Å²) in [6, 6.07) is -2.60. The molecule has 1 saturated heterocycles. The Kier molecular flexibility index (Phi) is 11.1. The Bertz CT molecular complexity index is 1050. The summed E-state index contributed by atoms with van der Waals surface area (Å²) in [5, 5.41) is 25.2. The van der Waals surface area contributed by atoms with Crippen molar-refractivity contribution in [2.24, 2.45) is 16.7 Å². The minimum absolute atomic E-state index is 0.106. The lowest BCUT2D eigenvalue weighted by Gasteiger charge is -2.51. The summed E-state index contributed by atoms with van der Waals surface area (Å²) in [5.74, 6) is -7.18. The second-order valence-electron chi connectivity index (χ2n) is 13.1. The van der Waals surface area contributed by atoms with E-state index in [2.05, 4.69) is 10.6 Å². The van der Waals surface area contributed by atoms with Crippen molar-refractivity contribution in [1.29, 1.82) is 0 Å². The van der Waals surface area contributed by atoms with E-state index >= 15 is 0 Å². The summed E-state index contributed by atoms with van der Waals surface area (Å²) in [6.07, 6.45) is -1.70. The van der Waals surface area contributed by atoms with Crippen molar-refractivity contribution in [3.05, 3.63) is 0 Å². The molecule has 14 nitrogen and oxygen atoms in total. The lowest BCUT2D eigenvalue weighted by molar-refractivity contribution is -0.197. The molecule has 1 fully saturated rings. The molecule has 0 aliphatic carbocycles. The van der Waals surface area contributed by atoms with Gasteiger partial charge in [0, 0.05) is 18.8 Å². The van der Waals surface area contributed by atoms with Gasteiger partial charge in [-0.25, -0.2) is 19.2 Å². The molecule has 1 rings (SSSR count). The van der Waals surface area contributed by atoms with Gasteiger partial charge in [-0.3, -0.25) is 14.4 Å². The van der Waals surface area contributed by atoms with E-state index in [-0.39, 0.29) is 19.3 Å². The second-order valence-corrected chi connectivity index (χ2v) is 13.1. The van der Waals surface area contributed by atoms with E-state index in [9.17, 15) is 43.8 Å². The minimum atomic E-state index is -2.12. The van der Waals surface area contributed by atoms with Crippen molar-refractivity contribution in [1.82, 2.24) is 15.7 Å². The highest BCUT2D eigenvalue weighted by Gasteiger charge is 2.59. The van der Waals surface area contributed by atoms with Gasteiger partial charge in [0.15, 0.2) is 0 Å². The molecule has 232 valence electrons. The highest BCUT2D eigenvalue weighted by molar-refractivity contribution is 6.01. The molecule has 3 atom stereocenters. The Morgan fingerprint density at radius 1 is 0.902 bits per heavy atom. The number of nitrogens with zero attached hydrogens (tertiary/aromatic N) is 1. The predicted molar refractivity (Wildman–Crippen MR) is 143 cm³/mol.